The quantitative estimate of drug-likeness (QED) is 0.359. The van der Waals surface area contributed by atoms with Crippen LogP contribution in [0.3, 0.4) is 0 Å². The molecule has 1 aromatic carbocycles. The minimum absolute atomic E-state index is 0.00210. The number of carbonyl (C=O) groups excluding carboxylic acids is 1. The summed E-state index contributed by atoms with van der Waals surface area (Å²) >= 11 is 7.20. The number of halogens is 1. The van der Waals surface area contributed by atoms with Crippen molar-refractivity contribution in [2.75, 3.05) is 12.9 Å². The molecular weight excluding hydrogens is 304 g/mol. The Morgan fingerprint density at radius 3 is 2.90 bits per heavy atom. The van der Waals surface area contributed by atoms with Crippen molar-refractivity contribution in [3.8, 4) is 0 Å². The maximum atomic E-state index is 11.1. The van der Waals surface area contributed by atoms with Crippen LogP contribution in [0.5, 0.6) is 0 Å². The molecule has 0 aliphatic rings. The van der Waals surface area contributed by atoms with Gasteiger partial charge in [0, 0.05) is 22.4 Å². The van der Waals surface area contributed by atoms with E-state index in [9.17, 15) is 14.9 Å². The molecule has 110 valence electrons. The van der Waals surface area contributed by atoms with Gasteiger partial charge in [-0.1, -0.05) is 11.6 Å². The summed E-state index contributed by atoms with van der Waals surface area (Å²) in [5.74, 6) is 0.611. The van der Waals surface area contributed by atoms with Gasteiger partial charge in [0.15, 0.2) is 0 Å². The number of methoxy groups -OCH3 is 1. The van der Waals surface area contributed by atoms with Crippen LogP contribution in [-0.2, 0) is 15.3 Å². The van der Waals surface area contributed by atoms with Crippen LogP contribution in [0.15, 0.2) is 18.2 Å². The third-order valence-electron chi connectivity index (χ3n) is 2.58. The first-order valence-corrected chi connectivity index (χ1v) is 7.33. The number of benzene rings is 1. The van der Waals surface area contributed by atoms with Gasteiger partial charge >= 0.3 is 5.97 Å². The number of hydrogen-bond acceptors (Lipinski definition) is 6. The van der Waals surface area contributed by atoms with Crippen molar-refractivity contribution in [2.45, 2.75) is 18.2 Å². The number of carbonyl (C=O) groups is 1. The number of thioether (sulfide) groups is 1. The molecule has 0 saturated carbocycles. The van der Waals surface area contributed by atoms with Crippen LogP contribution in [-0.4, -0.2) is 29.8 Å². The highest BCUT2D eigenvalue weighted by Gasteiger charge is 2.16. The summed E-state index contributed by atoms with van der Waals surface area (Å²) in [5, 5.41) is 11.2. The molecule has 8 heteroatoms. The summed E-state index contributed by atoms with van der Waals surface area (Å²) in [7, 11) is 1.28. The first kappa shape index (κ1) is 16.7. The number of ether oxygens (including phenoxy) is 1. The largest absolute Gasteiger partial charge is 0.468 e. The molecule has 1 aromatic rings. The fourth-order valence-electron chi connectivity index (χ4n) is 1.49. The van der Waals surface area contributed by atoms with E-state index in [0.29, 0.717) is 28.5 Å². The second-order valence-corrected chi connectivity index (χ2v) is 5.54. The van der Waals surface area contributed by atoms with E-state index in [1.807, 2.05) is 0 Å². The lowest BCUT2D eigenvalue weighted by atomic mass is 10.2. The Morgan fingerprint density at radius 1 is 1.60 bits per heavy atom. The summed E-state index contributed by atoms with van der Waals surface area (Å²) in [6.45, 7) is 0. The van der Waals surface area contributed by atoms with Crippen LogP contribution in [0.1, 0.15) is 12.0 Å². The van der Waals surface area contributed by atoms with Crippen molar-refractivity contribution < 1.29 is 14.5 Å². The van der Waals surface area contributed by atoms with Gasteiger partial charge in [-0.2, -0.15) is 11.8 Å². The highest BCUT2D eigenvalue weighted by atomic mass is 35.5. The Hall–Kier alpha value is -1.31. The van der Waals surface area contributed by atoms with Gasteiger partial charge in [0.25, 0.3) is 5.69 Å². The molecule has 0 aliphatic heterocycles. The number of esters is 1. The van der Waals surface area contributed by atoms with Gasteiger partial charge in [0.2, 0.25) is 0 Å². The Bertz CT molecular complexity index is 498. The number of nitrogens with zero attached hydrogens (tertiary/aromatic N) is 1. The number of nitro groups is 1. The molecule has 1 rings (SSSR count). The van der Waals surface area contributed by atoms with Crippen molar-refractivity contribution in [2.24, 2.45) is 5.73 Å². The van der Waals surface area contributed by atoms with E-state index in [1.54, 1.807) is 12.1 Å². The maximum Gasteiger partial charge on any atom is 0.322 e. The lowest BCUT2D eigenvalue weighted by molar-refractivity contribution is -0.385. The van der Waals surface area contributed by atoms with E-state index >= 15 is 0 Å². The Kier molecular flexibility index (Phi) is 6.77. The minimum atomic E-state index is -0.660. The molecule has 0 aromatic heterocycles. The molecule has 0 fully saturated rings. The van der Waals surface area contributed by atoms with Gasteiger partial charge in [0.1, 0.15) is 6.04 Å². The average Bonchev–Trinajstić information content (AvgIpc) is 2.43. The summed E-state index contributed by atoms with van der Waals surface area (Å²) in [6, 6.07) is 3.92. The van der Waals surface area contributed by atoms with Crippen LogP contribution in [0.25, 0.3) is 0 Å². The highest BCUT2D eigenvalue weighted by molar-refractivity contribution is 7.98. The molecule has 0 amide bonds. The predicted molar refractivity (Wildman–Crippen MR) is 78.9 cm³/mol. The summed E-state index contributed by atoms with van der Waals surface area (Å²) in [4.78, 5) is 21.5. The normalized spacial score (nSPS) is 11.9. The van der Waals surface area contributed by atoms with Gasteiger partial charge < -0.3 is 10.5 Å². The van der Waals surface area contributed by atoms with Gasteiger partial charge in [-0.25, -0.2) is 0 Å². The molecule has 6 nitrogen and oxygen atoms in total. The second-order valence-electron chi connectivity index (χ2n) is 4.00. The maximum absolute atomic E-state index is 11.1. The average molecular weight is 319 g/mol. The van der Waals surface area contributed by atoms with E-state index in [2.05, 4.69) is 4.74 Å². The van der Waals surface area contributed by atoms with Crippen molar-refractivity contribution >= 4 is 35.0 Å². The third kappa shape index (κ3) is 4.99. The molecule has 0 heterocycles. The number of rotatable bonds is 7. The van der Waals surface area contributed by atoms with E-state index in [1.165, 1.54) is 24.9 Å². The van der Waals surface area contributed by atoms with Gasteiger partial charge in [-0.15, -0.1) is 0 Å². The molecule has 2 N–H and O–H groups in total. The molecular formula is C12H15ClN2O4S. The van der Waals surface area contributed by atoms with E-state index in [0.717, 1.165) is 0 Å². The Morgan fingerprint density at radius 2 is 2.30 bits per heavy atom. The lowest BCUT2D eigenvalue weighted by Crippen LogP contribution is -2.31. The second kappa shape index (κ2) is 8.08. The monoisotopic (exact) mass is 318 g/mol. The standard InChI is InChI=1S/C12H15ClN2O4S/c1-19-12(16)10(14)4-5-20-7-8-2-3-9(13)6-11(8)15(17)18/h2-3,6,10H,4-5,7,14H2,1H3. The molecule has 0 radical (unpaired) electrons. The molecule has 20 heavy (non-hydrogen) atoms. The molecule has 0 spiro atoms. The van der Waals surface area contributed by atoms with Crippen molar-refractivity contribution in [3.05, 3.63) is 38.9 Å². The van der Waals surface area contributed by atoms with Gasteiger partial charge in [-0.05, 0) is 24.3 Å². The number of hydrogen-bond donors (Lipinski definition) is 1. The summed E-state index contributed by atoms with van der Waals surface area (Å²) < 4.78 is 4.51. The minimum Gasteiger partial charge on any atom is -0.468 e. The number of nitro benzene ring substituents is 1. The molecule has 1 unspecified atom stereocenters. The van der Waals surface area contributed by atoms with Crippen LogP contribution < -0.4 is 5.73 Å². The fourth-order valence-corrected chi connectivity index (χ4v) is 2.69. The van der Waals surface area contributed by atoms with Crippen LogP contribution in [0.4, 0.5) is 5.69 Å². The van der Waals surface area contributed by atoms with E-state index in [4.69, 9.17) is 17.3 Å². The molecule has 0 bridgehead atoms. The predicted octanol–water partition coefficient (Wildman–Crippen LogP) is 2.37. The first-order valence-electron chi connectivity index (χ1n) is 5.79. The van der Waals surface area contributed by atoms with Crippen LogP contribution in [0, 0.1) is 10.1 Å². The zero-order valence-electron chi connectivity index (χ0n) is 10.9. The van der Waals surface area contributed by atoms with Gasteiger partial charge in [-0.3, -0.25) is 14.9 Å². The molecule has 1 atom stereocenters. The van der Waals surface area contributed by atoms with Crippen molar-refractivity contribution in [1.29, 1.82) is 0 Å². The lowest BCUT2D eigenvalue weighted by Gasteiger charge is -2.08. The smallest absolute Gasteiger partial charge is 0.322 e. The molecule has 0 saturated heterocycles. The first-order chi connectivity index (χ1) is 9.45. The van der Waals surface area contributed by atoms with E-state index < -0.39 is 16.9 Å². The van der Waals surface area contributed by atoms with Crippen LogP contribution >= 0.6 is 23.4 Å². The van der Waals surface area contributed by atoms with Crippen LogP contribution in [0.2, 0.25) is 5.02 Å². The zero-order valence-corrected chi connectivity index (χ0v) is 12.4. The highest BCUT2D eigenvalue weighted by Crippen LogP contribution is 2.26. The van der Waals surface area contributed by atoms with Crippen molar-refractivity contribution in [1.82, 2.24) is 0 Å². The SMILES string of the molecule is COC(=O)C(N)CCSCc1ccc(Cl)cc1[N+](=O)[O-]. The third-order valence-corrected chi connectivity index (χ3v) is 3.85. The molecule has 0 aliphatic carbocycles. The number of nitrogens with two attached hydrogens (primary N) is 1. The van der Waals surface area contributed by atoms with Gasteiger partial charge in [0.05, 0.1) is 12.0 Å². The fraction of sp³-hybridized carbons (Fsp3) is 0.417. The zero-order chi connectivity index (χ0) is 15.1. The summed E-state index contributed by atoms with van der Waals surface area (Å²) in [6.07, 6.45) is 0.457. The topological polar surface area (TPSA) is 95.5 Å². The van der Waals surface area contributed by atoms with Crippen molar-refractivity contribution in [3.63, 3.8) is 0 Å². The Balaban J connectivity index is 2.50. The Labute approximate surface area is 125 Å². The summed E-state index contributed by atoms with van der Waals surface area (Å²) in [5.41, 5.74) is 6.19. The van der Waals surface area contributed by atoms with E-state index in [-0.39, 0.29) is 5.69 Å².